The first-order valence-electron chi connectivity index (χ1n) is 7.98. The number of carbonyl (C=O) groups excluding carboxylic acids is 2. The number of nitrogens with zero attached hydrogens (tertiary/aromatic N) is 4. The molecule has 10 heteroatoms. The summed E-state index contributed by atoms with van der Waals surface area (Å²) in [6.45, 7) is 0.123. The lowest BCUT2D eigenvalue weighted by molar-refractivity contribution is -0.388. The van der Waals surface area contributed by atoms with Crippen molar-refractivity contribution in [1.29, 1.82) is 0 Å². The number of nitrogens with one attached hydrogen (secondary N) is 1. The van der Waals surface area contributed by atoms with E-state index in [1.807, 2.05) is 0 Å². The molecule has 0 radical (unpaired) electrons. The Kier molecular flexibility index (Phi) is 4.88. The maximum absolute atomic E-state index is 11.7. The van der Waals surface area contributed by atoms with Gasteiger partial charge in [0, 0.05) is 24.5 Å². The van der Waals surface area contributed by atoms with E-state index in [1.165, 1.54) is 17.0 Å². The van der Waals surface area contributed by atoms with Crippen molar-refractivity contribution >= 4 is 28.9 Å². The van der Waals surface area contributed by atoms with E-state index in [9.17, 15) is 19.7 Å². The van der Waals surface area contributed by atoms with Gasteiger partial charge in [-0.05, 0) is 34.2 Å². The van der Waals surface area contributed by atoms with Crippen LogP contribution in [0.4, 0.5) is 17.3 Å². The van der Waals surface area contributed by atoms with Crippen LogP contribution < -0.4 is 10.1 Å². The van der Waals surface area contributed by atoms with E-state index >= 15 is 0 Å². The molecule has 1 aliphatic rings. The van der Waals surface area contributed by atoms with Crippen LogP contribution in [0, 0.1) is 10.1 Å². The monoisotopic (exact) mass is 371 g/mol. The Hall–Kier alpha value is -3.69. The second kappa shape index (κ2) is 7.28. The average molecular weight is 371 g/mol. The molecule has 27 heavy (non-hydrogen) atoms. The minimum Gasteiger partial charge on any atom is -0.497 e. The molecule has 0 aliphatic carbocycles. The van der Waals surface area contributed by atoms with Gasteiger partial charge >= 0.3 is 5.82 Å². The number of hydrogen-bond acceptors (Lipinski definition) is 8. The fourth-order valence-corrected chi connectivity index (χ4v) is 2.64. The van der Waals surface area contributed by atoms with Crippen LogP contribution >= 0.6 is 0 Å². The number of imidazole rings is 1. The minimum atomic E-state index is -0.587. The van der Waals surface area contributed by atoms with Crippen molar-refractivity contribution in [2.45, 2.75) is 6.54 Å². The van der Waals surface area contributed by atoms with Gasteiger partial charge in [-0.1, -0.05) is 0 Å². The van der Waals surface area contributed by atoms with Gasteiger partial charge in [0.15, 0.2) is 0 Å². The summed E-state index contributed by atoms with van der Waals surface area (Å²) in [4.78, 5) is 39.4. The highest BCUT2D eigenvalue weighted by atomic mass is 16.6. The summed E-state index contributed by atoms with van der Waals surface area (Å²) in [6.07, 6.45) is 2.56. The third-order valence-electron chi connectivity index (χ3n) is 4.12. The summed E-state index contributed by atoms with van der Waals surface area (Å²) < 4.78 is 6.62. The fraction of sp³-hybridized carbons (Fsp3) is 0.235. The van der Waals surface area contributed by atoms with Crippen LogP contribution in [0.15, 0.2) is 42.4 Å². The Morgan fingerprint density at radius 3 is 2.63 bits per heavy atom. The average Bonchev–Trinajstić information content (AvgIpc) is 3.03. The van der Waals surface area contributed by atoms with Crippen LogP contribution in [0.3, 0.4) is 0 Å². The third-order valence-corrected chi connectivity index (χ3v) is 4.12. The fourth-order valence-electron chi connectivity index (χ4n) is 2.64. The van der Waals surface area contributed by atoms with Gasteiger partial charge in [-0.2, -0.15) is 0 Å². The molecule has 1 aromatic heterocycles. The van der Waals surface area contributed by atoms with Gasteiger partial charge in [-0.3, -0.25) is 14.2 Å². The summed E-state index contributed by atoms with van der Waals surface area (Å²) in [7, 11) is 3.22. The Labute approximate surface area is 154 Å². The van der Waals surface area contributed by atoms with E-state index in [1.54, 1.807) is 43.3 Å². The second-order valence-corrected chi connectivity index (χ2v) is 5.93. The van der Waals surface area contributed by atoms with Crippen molar-refractivity contribution in [2.75, 3.05) is 26.0 Å². The molecule has 0 saturated heterocycles. The van der Waals surface area contributed by atoms with E-state index < -0.39 is 16.5 Å². The number of ketones is 2. The summed E-state index contributed by atoms with van der Waals surface area (Å²) in [6, 6.07) is 6.87. The van der Waals surface area contributed by atoms with Gasteiger partial charge in [0.2, 0.25) is 23.7 Å². The van der Waals surface area contributed by atoms with Crippen LogP contribution in [0.25, 0.3) is 0 Å². The van der Waals surface area contributed by atoms with Crippen molar-refractivity contribution in [1.82, 2.24) is 14.5 Å². The first kappa shape index (κ1) is 18.1. The Bertz CT molecular complexity index is 932. The number of benzene rings is 1. The molecule has 0 spiro atoms. The molecule has 1 aromatic carbocycles. The third kappa shape index (κ3) is 3.78. The molecule has 1 aliphatic heterocycles. The summed E-state index contributed by atoms with van der Waals surface area (Å²) >= 11 is 0. The lowest BCUT2D eigenvalue weighted by atomic mass is 10.1. The maximum atomic E-state index is 11.7. The van der Waals surface area contributed by atoms with Gasteiger partial charge in [-0.25, -0.2) is 0 Å². The van der Waals surface area contributed by atoms with E-state index in [4.69, 9.17) is 4.74 Å². The number of ether oxygens (including phenoxy) is 1. The molecule has 10 nitrogen and oxygen atoms in total. The molecule has 0 atom stereocenters. The molecule has 0 unspecified atom stereocenters. The number of rotatable bonds is 6. The second-order valence-electron chi connectivity index (χ2n) is 5.93. The molecule has 2 aromatic rings. The lowest BCUT2D eigenvalue weighted by Gasteiger charge is -2.25. The Morgan fingerprint density at radius 1 is 1.30 bits per heavy atom. The van der Waals surface area contributed by atoms with Crippen LogP contribution in [-0.4, -0.2) is 51.6 Å². The highest BCUT2D eigenvalue weighted by Gasteiger charge is 2.26. The lowest BCUT2D eigenvalue weighted by Crippen LogP contribution is -2.36. The predicted octanol–water partition coefficient (Wildman–Crippen LogP) is 1.51. The zero-order chi connectivity index (χ0) is 19.6. The zero-order valence-electron chi connectivity index (χ0n) is 14.7. The summed E-state index contributed by atoms with van der Waals surface area (Å²) in [5, 5.41) is 14.3. The first-order chi connectivity index (χ1) is 12.9. The molecule has 2 heterocycles. The van der Waals surface area contributed by atoms with Crippen molar-refractivity contribution in [3.05, 3.63) is 52.5 Å². The number of carbonyl (C=O) groups is 2. The van der Waals surface area contributed by atoms with E-state index in [0.717, 1.165) is 0 Å². The van der Waals surface area contributed by atoms with Crippen LogP contribution in [0.2, 0.25) is 0 Å². The first-order valence-corrected chi connectivity index (χ1v) is 7.98. The number of likely N-dealkylation sites (N-methyl/N-ethyl adjacent to an activating group) is 1. The molecular weight excluding hydrogens is 354 g/mol. The SMILES string of the molecule is COc1ccc(Nc2c([N+](=O)[O-])ncn2CC2=CC(=O)C(=O)CN2C)cc1. The van der Waals surface area contributed by atoms with Gasteiger partial charge in [0.05, 0.1) is 20.2 Å². The normalized spacial score (nSPS) is 14.1. The molecular formula is C17H17N5O5. The van der Waals surface area contributed by atoms with Gasteiger partial charge < -0.3 is 25.1 Å². The van der Waals surface area contributed by atoms with Gasteiger partial charge in [-0.15, -0.1) is 0 Å². The summed E-state index contributed by atoms with van der Waals surface area (Å²) in [5.41, 5.74) is 1.17. The number of allylic oxidation sites excluding steroid dienone is 2. The maximum Gasteiger partial charge on any atom is 0.406 e. The zero-order valence-corrected chi connectivity index (χ0v) is 14.7. The number of Topliss-reactive ketones (excluding diaryl/α,β-unsaturated/α-hetero) is 1. The molecule has 0 amide bonds. The molecule has 1 N–H and O–H groups in total. The predicted molar refractivity (Wildman–Crippen MR) is 95.9 cm³/mol. The van der Waals surface area contributed by atoms with Crippen LogP contribution in [0.5, 0.6) is 5.75 Å². The number of nitro groups is 1. The molecule has 3 rings (SSSR count). The molecule has 140 valence electrons. The quantitative estimate of drug-likeness (QED) is 0.461. The van der Waals surface area contributed by atoms with E-state index in [2.05, 4.69) is 10.3 Å². The van der Waals surface area contributed by atoms with Crippen molar-refractivity contribution in [3.63, 3.8) is 0 Å². The number of hydrogen-bond donors (Lipinski definition) is 1. The molecule has 0 saturated carbocycles. The Balaban J connectivity index is 1.92. The van der Waals surface area contributed by atoms with Crippen molar-refractivity contribution < 1.29 is 19.2 Å². The summed E-state index contributed by atoms with van der Waals surface area (Å²) in [5.74, 6) is -0.589. The number of anilines is 2. The van der Waals surface area contributed by atoms with Crippen LogP contribution in [-0.2, 0) is 16.1 Å². The Morgan fingerprint density at radius 2 is 2.00 bits per heavy atom. The highest BCUT2D eigenvalue weighted by molar-refractivity contribution is 6.43. The molecule has 0 bridgehead atoms. The highest BCUT2D eigenvalue weighted by Crippen LogP contribution is 2.28. The van der Waals surface area contributed by atoms with Gasteiger partial charge in [0.25, 0.3) is 0 Å². The topological polar surface area (TPSA) is 120 Å². The minimum absolute atomic E-state index is 0.0251. The van der Waals surface area contributed by atoms with Crippen molar-refractivity contribution in [2.24, 2.45) is 0 Å². The largest absolute Gasteiger partial charge is 0.497 e. The molecule has 0 fully saturated rings. The van der Waals surface area contributed by atoms with Crippen LogP contribution in [0.1, 0.15) is 0 Å². The van der Waals surface area contributed by atoms with E-state index in [0.29, 0.717) is 17.1 Å². The van der Waals surface area contributed by atoms with Gasteiger partial charge in [0.1, 0.15) is 5.75 Å². The number of methoxy groups -OCH3 is 1. The number of aromatic nitrogens is 2. The van der Waals surface area contributed by atoms with Crippen molar-refractivity contribution in [3.8, 4) is 5.75 Å². The standard InChI is InChI=1S/C17H17N5O5/c1-20-9-15(24)14(23)7-12(20)8-21-10-18-16(22(25)26)17(21)19-11-3-5-13(27-2)6-4-11/h3-7,10,19H,8-9H2,1-2H3. The smallest absolute Gasteiger partial charge is 0.406 e. The van der Waals surface area contributed by atoms with E-state index in [-0.39, 0.29) is 24.7 Å².